The van der Waals surface area contributed by atoms with Crippen molar-refractivity contribution < 1.29 is 17.9 Å². The Bertz CT molecular complexity index is 1210. The number of anilines is 1. The van der Waals surface area contributed by atoms with Crippen LogP contribution in [-0.4, -0.2) is 48.4 Å². The molecule has 1 fully saturated rings. The molecule has 0 aliphatic carbocycles. The van der Waals surface area contributed by atoms with Crippen molar-refractivity contribution in [2.24, 2.45) is 0 Å². The van der Waals surface area contributed by atoms with Crippen LogP contribution in [0.15, 0.2) is 59.8 Å². The van der Waals surface area contributed by atoms with E-state index in [9.17, 15) is 13.2 Å². The fourth-order valence-corrected chi connectivity index (χ4v) is 5.29. The minimum atomic E-state index is -3.60. The maximum Gasteiger partial charge on any atom is 0.255 e. The molecular weight excluding hydrogens is 428 g/mol. The number of imidazole rings is 1. The van der Waals surface area contributed by atoms with Crippen molar-refractivity contribution >= 4 is 21.6 Å². The molecule has 1 N–H and O–H groups in total. The van der Waals surface area contributed by atoms with Crippen LogP contribution in [0.1, 0.15) is 34.6 Å². The molecule has 3 aromatic rings. The third-order valence-corrected chi connectivity index (χ3v) is 7.51. The second kappa shape index (κ2) is 9.13. The minimum absolute atomic E-state index is 0.140. The highest BCUT2D eigenvalue weighted by Gasteiger charge is 2.28. The molecule has 0 unspecified atom stereocenters. The first kappa shape index (κ1) is 22.0. The molecule has 0 saturated carbocycles. The number of ether oxygens (including phenoxy) is 1. The van der Waals surface area contributed by atoms with E-state index in [2.05, 4.69) is 10.3 Å². The number of hydrogen-bond donors (Lipinski definition) is 1. The molecule has 168 valence electrons. The van der Waals surface area contributed by atoms with Crippen LogP contribution < -0.4 is 10.1 Å². The standard InChI is InChI=1S/C23H26N4O4S/c1-17-24-11-14-26(17)16-18-5-7-19(8-6-18)23(28)25-21-15-20(9-10-22(21)31-2)32(29,30)27-12-3-4-13-27/h5-11,14-15H,3-4,12-13,16H2,1-2H3,(H,25,28). The molecule has 1 amide bonds. The first-order valence-corrected chi connectivity index (χ1v) is 11.9. The van der Waals surface area contributed by atoms with Crippen LogP contribution in [0.25, 0.3) is 0 Å². The van der Waals surface area contributed by atoms with Gasteiger partial charge in [-0.05, 0) is 55.7 Å². The normalized spacial score (nSPS) is 14.4. The Kier molecular flexibility index (Phi) is 6.29. The van der Waals surface area contributed by atoms with Gasteiger partial charge in [-0.3, -0.25) is 4.79 Å². The Morgan fingerprint density at radius 2 is 1.84 bits per heavy atom. The number of carbonyl (C=O) groups is 1. The smallest absolute Gasteiger partial charge is 0.255 e. The van der Waals surface area contributed by atoms with E-state index < -0.39 is 10.0 Å². The van der Waals surface area contributed by atoms with Crippen LogP contribution in [0.5, 0.6) is 5.75 Å². The number of amides is 1. The highest BCUT2D eigenvalue weighted by molar-refractivity contribution is 7.89. The Balaban J connectivity index is 1.52. The van der Waals surface area contributed by atoms with Crippen molar-refractivity contribution in [3.05, 3.63) is 71.8 Å². The third-order valence-electron chi connectivity index (χ3n) is 5.61. The van der Waals surface area contributed by atoms with E-state index in [0.717, 1.165) is 24.2 Å². The summed E-state index contributed by atoms with van der Waals surface area (Å²) in [5.41, 5.74) is 1.82. The summed E-state index contributed by atoms with van der Waals surface area (Å²) in [6.45, 7) is 3.63. The molecule has 1 aliphatic heterocycles. The van der Waals surface area contributed by atoms with Crippen molar-refractivity contribution in [2.75, 3.05) is 25.5 Å². The van der Waals surface area contributed by atoms with Crippen molar-refractivity contribution in [2.45, 2.75) is 31.2 Å². The summed E-state index contributed by atoms with van der Waals surface area (Å²) in [5.74, 6) is 0.970. The molecule has 0 spiro atoms. The molecule has 1 aliphatic rings. The van der Waals surface area contributed by atoms with Crippen molar-refractivity contribution in [3.8, 4) is 5.75 Å². The first-order valence-electron chi connectivity index (χ1n) is 10.4. The Hall–Kier alpha value is -3.17. The number of sulfonamides is 1. The van der Waals surface area contributed by atoms with Crippen LogP contribution in [0, 0.1) is 6.92 Å². The van der Waals surface area contributed by atoms with Crippen LogP contribution in [0.2, 0.25) is 0 Å². The lowest BCUT2D eigenvalue weighted by molar-refractivity contribution is 0.102. The van der Waals surface area contributed by atoms with Crippen LogP contribution in [-0.2, 0) is 16.6 Å². The number of methoxy groups -OCH3 is 1. The highest BCUT2D eigenvalue weighted by atomic mass is 32.2. The Morgan fingerprint density at radius 1 is 1.12 bits per heavy atom. The zero-order chi connectivity index (χ0) is 22.7. The maximum atomic E-state index is 12.9. The Labute approximate surface area is 187 Å². The number of hydrogen-bond acceptors (Lipinski definition) is 5. The van der Waals surface area contributed by atoms with Gasteiger partial charge in [0.2, 0.25) is 10.0 Å². The largest absolute Gasteiger partial charge is 0.495 e. The lowest BCUT2D eigenvalue weighted by Gasteiger charge is -2.17. The predicted molar refractivity (Wildman–Crippen MR) is 121 cm³/mol. The quantitative estimate of drug-likeness (QED) is 0.591. The summed E-state index contributed by atoms with van der Waals surface area (Å²) < 4.78 is 34.6. The fourth-order valence-electron chi connectivity index (χ4n) is 3.75. The van der Waals surface area contributed by atoms with Crippen molar-refractivity contribution in [1.82, 2.24) is 13.9 Å². The number of benzene rings is 2. The van der Waals surface area contributed by atoms with E-state index in [-0.39, 0.29) is 10.8 Å². The number of nitrogens with one attached hydrogen (secondary N) is 1. The van der Waals surface area contributed by atoms with E-state index in [1.807, 2.05) is 29.8 Å². The summed E-state index contributed by atoms with van der Waals surface area (Å²) in [7, 11) is -2.12. The van der Waals surface area contributed by atoms with E-state index in [1.54, 1.807) is 24.4 Å². The zero-order valence-corrected chi connectivity index (χ0v) is 18.9. The molecule has 0 bridgehead atoms. The average Bonchev–Trinajstić information content (AvgIpc) is 3.47. The minimum Gasteiger partial charge on any atom is -0.495 e. The van der Waals surface area contributed by atoms with Crippen molar-refractivity contribution in [1.29, 1.82) is 0 Å². The molecule has 1 aromatic heterocycles. The van der Waals surface area contributed by atoms with Gasteiger partial charge in [0.05, 0.1) is 17.7 Å². The van der Waals surface area contributed by atoms with Crippen LogP contribution in [0.3, 0.4) is 0 Å². The highest BCUT2D eigenvalue weighted by Crippen LogP contribution is 2.30. The second-order valence-electron chi connectivity index (χ2n) is 7.73. The number of carbonyl (C=O) groups excluding carboxylic acids is 1. The monoisotopic (exact) mass is 454 g/mol. The van der Waals surface area contributed by atoms with E-state index in [1.165, 1.54) is 23.5 Å². The fraction of sp³-hybridized carbons (Fsp3) is 0.304. The molecule has 2 aromatic carbocycles. The third kappa shape index (κ3) is 4.53. The number of aromatic nitrogens is 2. The number of aryl methyl sites for hydroxylation is 1. The summed E-state index contributed by atoms with van der Waals surface area (Å²) in [6, 6.07) is 11.8. The van der Waals surface area contributed by atoms with Crippen LogP contribution >= 0.6 is 0 Å². The number of nitrogens with zero attached hydrogens (tertiary/aromatic N) is 3. The molecule has 4 rings (SSSR count). The van der Waals surface area contributed by atoms with Gasteiger partial charge in [-0.1, -0.05) is 12.1 Å². The van der Waals surface area contributed by atoms with E-state index in [0.29, 0.717) is 36.6 Å². The van der Waals surface area contributed by atoms with Gasteiger partial charge in [0.15, 0.2) is 0 Å². The molecule has 1 saturated heterocycles. The van der Waals surface area contributed by atoms with Gasteiger partial charge >= 0.3 is 0 Å². The average molecular weight is 455 g/mol. The summed E-state index contributed by atoms with van der Waals surface area (Å²) in [5, 5.41) is 2.79. The lowest BCUT2D eigenvalue weighted by Crippen LogP contribution is -2.28. The summed E-state index contributed by atoms with van der Waals surface area (Å²) >= 11 is 0. The molecule has 32 heavy (non-hydrogen) atoms. The van der Waals surface area contributed by atoms with Gasteiger partial charge in [0.25, 0.3) is 5.91 Å². The molecule has 0 radical (unpaired) electrons. The molecule has 9 heteroatoms. The summed E-state index contributed by atoms with van der Waals surface area (Å²) in [6.07, 6.45) is 5.37. The second-order valence-corrected chi connectivity index (χ2v) is 9.66. The predicted octanol–water partition coefficient (Wildman–Crippen LogP) is 3.29. The van der Waals surface area contributed by atoms with Gasteiger partial charge < -0.3 is 14.6 Å². The van der Waals surface area contributed by atoms with Gasteiger partial charge in [0, 0.05) is 37.6 Å². The van der Waals surface area contributed by atoms with E-state index >= 15 is 0 Å². The zero-order valence-electron chi connectivity index (χ0n) is 18.1. The Morgan fingerprint density at radius 3 is 2.47 bits per heavy atom. The summed E-state index contributed by atoms with van der Waals surface area (Å²) in [4.78, 5) is 17.2. The number of rotatable bonds is 7. The molecular formula is C23H26N4O4S. The first-order chi connectivity index (χ1) is 15.4. The topological polar surface area (TPSA) is 93.5 Å². The lowest BCUT2D eigenvalue weighted by atomic mass is 10.1. The molecule has 8 nitrogen and oxygen atoms in total. The van der Waals surface area contributed by atoms with Crippen molar-refractivity contribution in [3.63, 3.8) is 0 Å². The SMILES string of the molecule is COc1ccc(S(=O)(=O)N2CCCC2)cc1NC(=O)c1ccc(Cn2ccnc2C)cc1. The van der Waals surface area contributed by atoms with Gasteiger partial charge in [0.1, 0.15) is 11.6 Å². The van der Waals surface area contributed by atoms with E-state index in [4.69, 9.17) is 4.74 Å². The van der Waals surface area contributed by atoms with Gasteiger partial charge in [-0.25, -0.2) is 13.4 Å². The van der Waals surface area contributed by atoms with Gasteiger partial charge in [-0.15, -0.1) is 0 Å². The molecule has 2 heterocycles. The molecule has 0 atom stereocenters. The maximum absolute atomic E-state index is 12.9. The van der Waals surface area contributed by atoms with Crippen LogP contribution in [0.4, 0.5) is 5.69 Å². The van der Waals surface area contributed by atoms with Gasteiger partial charge in [-0.2, -0.15) is 4.31 Å².